The second-order valence-corrected chi connectivity index (χ2v) is 9.07. The molecule has 3 saturated carbocycles. The number of hydrogen-bond donors (Lipinski definition) is 0. The van der Waals surface area contributed by atoms with Gasteiger partial charge in [-0.2, -0.15) is 0 Å². The lowest BCUT2D eigenvalue weighted by Crippen LogP contribution is -2.48. The maximum Gasteiger partial charge on any atom is 0.0406 e. The maximum absolute atomic E-state index is 6.21. The Morgan fingerprint density at radius 1 is 0.783 bits per heavy atom. The fraction of sp³-hybridized carbons (Fsp3) is 0.727. The van der Waals surface area contributed by atoms with Gasteiger partial charge in [0.05, 0.1) is 0 Å². The van der Waals surface area contributed by atoms with Crippen molar-refractivity contribution < 1.29 is 0 Å². The first-order valence-electron chi connectivity index (χ1n) is 10.0. The molecule has 4 rings (SSSR count). The molecule has 1 heteroatoms. The molecular weight excluding hydrogens is 300 g/mol. The zero-order valence-electron chi connectivity index (χ0n) is 14.5. The molecule has 0 aromatic heterocycles. The van der Waals surface area contributed by atoms with Gasteiger partial charge in [-0.25, -0.2) is 0 Å². The van der Waals surface area contributed by atoms with E-state index in [9.17, 15) is 0 Å². The van der Waals surface area contributed by atoms with Gasteiger partial charge in [0.1, 0.15) is 0 Å². The molecule has 0 amide bonds. The molecule has 3 aliphatic carbocycles. The highest BCUT2D eigenvalue weighted by Gasteiger charge is 2.53. The normalized spacial score (nSPS) is 26.8. The van der Waals surface area contributed by atoms with Crippen molar-refractivity contribution in [1.82, 2.24) is 0 Å². The van der Waals surface area contributed by atoms with Crippen LogP contribution in [0.2, 0.25) is 5.02 Å². The zero-order chi connectivity index (χ0) is 15.8. The Hall–Kier alpha value is -0.490. The lowest BCUT2D eigenvalue weighted by Gasteiger charge is -2.56. The Balaban J connectivity index is 1.76. The molecule has 0 bridgehead atoms. The number of hydrogen-bond acceptors (Lipinski definition) is 0. The van der Waals surface area contributed by atoms with E-state index in [0.29, 0.717) is 10.8 Å². The monoisotopic (exact) mass is 330 g/mol. The van der Waals surface area contributed by atoms with Crippen LogP contribution in [0.4, 0.5) is 0 Å². The highest BCUT2D eigenvalue weighted by Crippen LogP contribution is 2.62. The third-order valence-electron chi connectivity index (χ3n) is 7.31. The van der Waals surface area contributed by atoms with Crippen molar-refractivity contribution in [2.75, 3.05) is 0 Å². The van der Waals surface area contributed by atoms with Gasteiger partial charge in [0.15, 0.2) is 0 Å². The molecule has 0 spiro atoms. The molecule has 23 heavy (non-hydrogen) atoms. The molecule has 0 N–H and O–H groups in total. The first-order chi connectivity index (χ1) is 11.2. The van der Waals surface area contributed by atoms with Crippen molar-refractivity contribution in [3.63, 3.8) is 0 Å². The van der Waals surface area contributed by atoms with Gasteiger partial charge in [-0.3, -0.25) is 0 Å². The van der Waals surface area contributed by atoms with E-state index in [0.717, 1.165) is 10.9 Å². The van der Waals surface area contributed by atoms with Gasteiger partial charge in [-0.15, -0.1) is 0 Å². The number of rotatable bonds is 4. The van der Waals surface area contributed by atoms with Gasteiger partial charge in [-0.1, -0.05) is 75.1 Å². The van der Waals surface area contributed by atoms with Crippen LogP contribution in [0.25, 0.3) is 0 Å². The second kappa shape index (κ2) is 6.43. The van der Waals surface area contributed by atoms with E-state index < -0.39 is 0 Å². The highest BCUT2D eigenvalue weighted by atomic mass is 35.5. The van der Waals surface area contributed by atoms with Crippen LogP contribution in [0, 0.1) is 11.3 Å². The van der Waals surface area contributed by atoms with Crippen molar-refractivity contribution in [2.24, 2.45) is 11.3 Å². The first-order valence-corrected chi connectivity index (χ1v) is 10.4. The van der Waals surface area contributed by atoms with Crippen LogP contribution in [0.15, 0.2) is 24.3 Å². The molecule has 3 aliphatic rings. The Morgan fingerprint density at radius 2 is 1.35 bits per heavy atom. The average molecular weight is 331 g/mol. The smallest absolute Gasteiger partial charge is 0.0406 e. The SMILES string of the molecule is Clc1ccc(C2(C3(CC4CC4)CCCCC3)CCCCC2)cc1. The predicted molar refractivity (Wildman–Crippen MR) is 99.1 cm³/mol. The number of benzene rings is 1. The lowest BCUT2D eigenvalue weighted by atomic mass is 9.48. The van der Waals surface area contributed by atoms with Crippen molar-refractivity contribution in [3.05, 3.63) is 34.9 Å². The minimum atomic E-state index is 0.443. The highest BCUT2D eigenvalue weighted by molar-refractivity contribution is 6.30. The second-order valence-electron chi connectivity index (χ2n) is 8.64. The van der Waals surface area contributed by atoms with E-state index in [1.165, 1.54) is 83.5 Å². The predicted octanol–water partition coefficient (Wildman–Crippen LogP) is 7.29. The van der Waals surface area contributed by atoms with Gasteiger partial charge in [0.2, 0.25) is 0 Å². The fourth-order valence-corrected chi connectivity index (χ4v) is 6.16. The molecule has 0 radical (unpaired) electrons. The van der Waals surface area contributed by atoms with Crippen LogP contribution in [0.3, 0.4) is 0 Å². The third kappa shape index (κ3) is 2.97. The molecule has 0 atom stereocenters. The quantitative estimate of drug-likeness (QED) is 0.543. The van der Waals surface area contributed by atoms with Crippen LogP contribution < -0.4 is 0 Å². The summed E-state index contributed by atoms with van der Waals surface area (Å²) in [5.74, 6) is 1.04. The summed E-state index contributed by atoms with van der Waals surface area (Å²) < 4.78 is 0. The first kappa shape index (κ1) is 16.0. The molecule has 3 fully saturated rings. The van der Waals surface area contributed by atoms with Gasteiger partial charge >= 0.3 is 0 Å². The minimum absolute atomic E-state index is 0.443. The number of halogens is 1. The molecule has 0 aliphatic heterocycles. The van der Waals surface area contributed by atoms with Gasteiger partial charge in [0, 0.05) is 10.4 Å². The van der Waals surface area contributed by atoms with E-state index in [1.54, 1.807) is 5.56 Å². The van der Waals surface area contributed by atoms with Crippen molar-refractivity contribution in [2.45, 2.75) is 88.9 Å². The minimum Gasteiger partial charge on any atom is -0.0843 e. The molecular formula is C22H31Cl. The summed E-state index contributed by atoms with van der Waals surface area (Å²) in [6.45, 7) is 0. The molecule has 0 nitrogen and oxygen atoms in total. The zero-order valence-corrected chi connectivity index (χ0v) is 15.2. The molecule has 0 unspecified atom stereocenters. The maximum atomic E-state index is 6.21. The fourth-order valence-electron chi connectivity index (χ4n) is 6.03. The standard InChI is InChI=1S/C22H31Cl/c23-20-11-9-19(10-12-20)22(15-5-2-6-16-22)21(17-18-7-8-18)13-3-1-4-14-21/h9-12,18H,1-8,13-17H2. The largest absolute Gasteiger partial charge is 0.0843 e. The van der Waals surface area contributed by atoms with Gasteiger partial charge in [-0.05, 0) is 61.1 Å². The Labute approximate surface area is 147 Å². The summed E-state index contributed by atoms with van der Waals surface area (Å²) >= 11 is 6.21. The summed E-state index contributed by atoms with van der Waals surface area (Å²) in [4.78, 5) is 0. The summed E-state index contributed by atoms with van der Waals surface area (Å²) in [5.41, 5.74) is 2.64. The molecule has 126 valence electrons. The van der Waals surface area contributed by atoms with Crippen LogP contribution in [0.1, 0.15) is 89.0 Å². The van der Waals surface area contributed by atoms with Crippen LogP contribution in [0.5, 0.6) is 0 Å². The third-order valence-corrected chi connectivity index (χ3v) is 7.56. The van der Waals surface area contributed by atoms with E-state index in [-0.39, 0.29) is 0 Å². The topological polar surface area (TPSA) is 0 Å². The van der Waals surface area contributed by atoms with E-state index in [4.69, 9.17) is 11.6 Å². The molecule has 1 aromatic carbocycles. The Bertz CT molecular complexity index is 513. The van der Waals surface area contributed by atoms with E-state index in [2.05, 4.69) is 24.3 Å². The van der Waals surface area contributed by atoms with Crippen molar-refractivity contribution in [1.29, 1.82) is 0 Å². The summed E-state index contributed by atoms with van der Waals surface area (Å²) in [6.07, 6.45) is 19.0. The van der Waals surface area contributed by atoms with E-state index >= 15 is 0 Å². The van der Waals surface area contributed by atoms with Crippen LogP contribution >= 0.6 is 11.6 Å². The Kier molecular flexibility index (Phi) is 4.47. The lowest BCUT2D eigenvalue weighted by molar-refractivity contribution is 0.0165. The summed E-state index contributed by atoms with van der Waals surface area (Å²) in [6, 6.07) is 9.02. The van der Waals surface area contributed by atoms with E-state index in [1.807, 2.05) is 0 Å². The molecule has 0 saturated heterocycles. The van der Waals surface area contributed by atoms with Gasteiger partial charge in [0.25, 0.3) is 0 Å². The van der Waals surface area contributed by atoms with Crippen molar-refractivity contribution >= 4 is 11.6 Å². The Morgan fingerprint density at radius 3 is 1.91 bits per heavy atom. The average Bonchev–Trinajstić information content (AvgIpc) is 3.41. The summed E-state index contributed by atoms with van der Waals surface area (Å²) in [5, 5.41) is 0.889. The van der Waals surface area contributed by atoms with Crippen molar-refractivity contribution in [3.8, 4) is 0 Å². The van der Waals surface area contributed by atoms with Crippen LogP contribution in [-0.2, 0) is 5.41 Å². The molecule has 0 heterocycles. The molecule has 1 aromatic rings. The van der Waals surface area contributed by atoms with Crippen LogP contribution in [-0.4, -0.2) is 0 Å². The van der Waals surface area contributed by atoms with Gasteiger partial charge < -0.3 is 0 Å². The summed E-state index contributed by atoms with van der Waals surface area (Å²) in [7, 11) is 0.